The van der Waals surface area contributed by atoms with E-state index in [9.17, 15) is 8.78 Å². The van der Waals surface area contributed by atoms with Crippen molar-refractivity contribution in [2.75, 3.05) is 0 Å². The van der Waals surface area contributed by atoms with E-state index in [4.69, 9.17) is 0 Å². The third-order valence-corrected chi connectivity index (χ3v) is 9.60. The van der Waals surface area contributed by atoms with Crippen molar-refractivity contribution >= 4 is 27.5 Å². The van der Waals surface area contributed by atoms with Gasteiger partial charge in [0.2, 0.25) is 0 Å². The van der Waals surface area contributed by atoms with E-state index in [1.165, 1.54) is 0 Å². The summed E-state index contributed by atoms with van der Waals surface area (Å²) in [6, 6.07) is 9.06. The zero-order valence-electron chi connectivity index (χ0n) is 8.55. The summed E-state index contributed by atoms with van der Waals surface area (Å²) in [5, 5.41) is 0. The molecule has 0 fully saturated rings. The molecule has 1 rings (SSSR count). The molecule has 78 valence electrons. The third kappa shape index (κ3) is 2.90. The minimum absolute atomic E-state index is 0.723. The Morgan fingerprint density at radius 2 is 1.57 bits per heavy atom. The fourth-order valence-electron chi connectivity index (χ4n) is 0.790. The molecule has 0 aliphatic heterocycles. The Balaban J connectivity index is 2.79. The van der Waals surface area contributed by atoms with Gasteiger partial charge in [-0.25, -0.2) is 0 Å². The molecule has 0 atom stereocenters. The standard InChI is InChI=1S/C10H14F2SeSi/c1-14(2,3)10(11,12)13-9-7-5-4-6-8-9/h4-8H,1-3H3. The average molecular weight is 279 g/mol. The van der Waals surface area contributed by atoms with E-state index < -0.39 is 27.5 Å². The minimum atomic E-state index is -2.46. The Morgan fingerprint density at radius 3 is 2.00 bits per heavy atom. The molecule has 0 aromatic heterocycles. The third-order valence-electron chi connectivity index (χ3n) is 1.86. The van der Waals surface area contributed by atoms with Crippen molar-refractivity contribution < 1.29 is 8.78 Å². The van der Waals surface area contributed by atoms with Crippen LogP contribution in [0, 0.1) is 0 Å². The van der Waals surface area contributed by atoms with Crippen LogP contribution in [0.1, 0.15) is 0 Å². The van der Waals surface area contributed by atoms with E-state index in [2.05, 4.69) is 0 Å². The van der Waals surface area contributed by atoms with Crippen molar-refractivity contribution in [1.29, 1.82) is 0 Å². The van der Waals surface area contributed by atoms with Crippen LogP contribution in [0.25, 0.3) is 0 Å². The van der Waals surface area contributed by atoms with Crippen molar-refractivity contribution in [2.45, 2.75) is 24.1 Å². The van der Waals surface area contributed by atoms with Crippen molar-refractivity contribution in [2.24, 2.45) is 0 Å². The van der Waals surface area contributed by atoms with Crippen LogP contribution >= 0.6 is 0 Å². The van der Waals surface area contributed by atoms with Gasteiger partial charge in [0, 0.05) is 0 Å². The SMILES string of the molecule is C[Si](C)(C)C(F)(F)[Se]c1ccccc1. The van der Waals surface area contributed by atoms with Crippen molar-refractivity contribution in [3.05, 3.63) is 30.3 Å². The van der Waals surface area contributed by atoms with Crippen LogP contribution in [-0.2, 0) is 0 Å². The van der Waals surface area contributed by atoms with E-state index >= 15 is 0 Å². The second-order valence-corrected chi connectivity index (χ2v) is 12.6. The summed E-state index contributed by atoms with van der Waals surface area (Å²) in [4.78, 5) is 0. The van der Waals surface area contributed by atoms with Crippen molar-refractivity contribution in [1.82, 2.24) is 0 Å². The van der Waals surface area contributed by atoms with E-state index in [0.717, 1.165) is 4.46 Å². The Morgan fingerprint density at radius 1 is 1.07 bits per heavy atom. The van der Waals surface area contributed by atoms with E-state index in [1.54, 1.807) is 31.8 Å². The quantitative estimate of drug-likeness (QED) is 0.746. The Bertz CT molecular complexity index is 293. The van der Waals surface area contributed by atoms with Crippen LogP contribution in [0.2, 0.25) is 19.6 Å². The van der Waals surface area contributed by atoms with Crippen LogP contribution < -0.4 is 4.46 Å². The molecule has 0 aliphatic carbocycles. The molecule has 4 heteroatoms. The molecule has 1 aromatic carbocycles. The molecule has 0 amide bonds. The summed E-state index contributed by atoms with van der Waals surface area (Å²) >= 11 is -0.723. The first-order chi connectivity index (χ1) is 6.33. The van der Waals surface area contributed by atoms with Gasteiger partial charge in [-0.3, -0.25) is 0 Å². The second kappa shape index (κ2) is 4.13. The van der Waals surface area contributed by atoms with Crippen molar-refractivity contribution in [3.63, 3.8) is 0 Å². The Hall–Kier alpha value is -0.184. The maximum absolute atomic E-state index is 13.7. The van der Waals surface area contributed by atoms with E-state index in [-0.39, 0.29) is 0 Å². The maximum atomic E-state index is 13.7. The Labute approximate surface area is 90.9 Å². The molecule has 0 bridgehead atoms. The average Bonchev–Trinajstić information content (AvgIpc) is 2.03. The summed E-state index contributed by atoms with van der Waals surface area (Å²) in [6.07, 6.45) is 0. The monoisotopic (exact) mass is 280 g/mol. The van der Waals surface area contributed by atoms with Crippen LogP contribution in [0.4, 0.5) is 8.78 Å². The van der Waals surface area contributed by atoms with Gasteiger partial charge in [0.1, 0.15) is 0 Å². The number of rotatable bonds is 3. The first-order valence-corrected chi connectivity index (χ1v) is 9.66. The molecule has 0 spiro atoms. The van der Waals surface area contributed by atoms with Gasteiger partial charge in [0.25, 0.3) is 0 Å². The van der Waals surface area contributed by atoms with Gasteiger partial charge in [0.15, 0.2) is 0 Å². The first kappa shape index (κ1) is 11.9. The van der Waals surface area contributed by atoms with Gasteiger partial charge >= 0.3 is 90.7 Å². The fraction of sp³-hybridized carbons (Fsp3) is 0.400. The zero-order valence-corrected chi connectivity index (χ0v) is 11.3. The van der Waals surface area contributed by atoms with Crippen LogP contribution in [0.5, 0.6) is 0 Å². The number of benzene rings is 1. The second-order valence-electron chi connectivity index (χ2n) is 4.18. The summed E-state index contributed by atoms with van der Waals surface area (Å²) in [5.41, 5.74) is 0. The van der Waals surface area contributed by atoms with Gasteiger partial charge in [-0.05, 0) is 0 Å². The van der Waals surface area contributed by atoms with Crippen LogP contribution in [-0.4, -0.2) is 27.5 Å². The molecule has 0 radical (unpaired) electrons. The molecule has 14 heavy (non-hydrogen) atoms. The number of halogens is 2. The van der Waals surface area contributed by atoms with E-state index in [1.807, 2.05) is 18.2 Å². The molecular formula is C10H14F2SeSi. The zero-order chi connectivity index (χ0) is 10.8. The molecular weight excluding hydrogens is 265 g/mol. The molecule has 0 nitrogen and oxygen atoms in total. The predicted molar refractivity (Wildman–Crippen MR) is 60.1 cm³/mol. The number of hydrogen-bond donors (Lipinski definition) is 0. The first-order valence-electron chi connectivity index (χ1n) is 4.45. The van der Waals surface area contributed by atoms with Gasteiger partial charge in [-0.15, -0.1) is 0 Å². The normalized spacial score (nSPS) is 12.9. The molecule has 1 aromatic rings. The summed E-state index contributed by atoms with van der Waals surface area (Å²) in [6.45, 7) is 5.16. The van der Waals surface area contributed by atoms with Crippen molar-refractivity contribution in [3.8, 4) is 0 Å². The summed E-state index contributed by atoms with van der Waals surface area (Å²) in [5.74, 6) is 0. The summed E-state index contributed by atoms with van der Waals surface area (Å²) in [7, 11) is -2.37. The molecule has 0 aliphatic rings. The molecule has 0 saturated carbocycles. The Kier molecular flexibility index (Phi) is 3.51. The number of alkyl halides is 2. The van der Waals surface area contributed by atoms with Gasteiger partial charge in [-0.1, -0.05) is 0 Å². The molecule has 0 unspecified atom stereocenters. The van der Waals surface area contributed by atoms with Crippen LogP contribution in [0.15, 0.2) is 30.3 Å². The molecule has 0 N–H and O–H groups in total. The molecule has 0 saturated heterocycles. The van der Waals surface area contributed by atoms with Crippen LogP contribution in [0.3, 0.4) is 0 Å². The van der Waals surface area contributed by atoms with Gasteiger partial charge in [0.05, 0.1) is 0 Å². The molecule has 0 heterocycles. The summed E-state index contributed by atoms with van der Waals surface area (Å²) < 4.78 is 25.7. The number of hydrogen-bond acceptors (Lipinski definition) is 0. The van der Waals surface area contributed by atoms with Gasteiger partial charge in [-0.2, -0.15) is 0 Å². The fourth-order valence-corrected chi connectivity index (χ4v) is 4.87. The van der Waals surface area contributed by atoms with Gasteiger partial charge < -0.3 is 0 Å². The van der Waals surface area contributed by atoms with E-state index in [0.29, 0.717) is 0 Å². The topological polar surface area (TPSA) is 0 Å². The predicted octanol–water partition coefficient (Wildman–Crippen LogP) is 2.49.